The lowest BCUT2D eigenvalue weighted by molar-refractivity contribution is 0.102. The summed E-state index contributed by atoms with van der Waals surface area (Å²) in [5, 5.41) is 4.61. The fraction of sp³-hybridized carbons (Fsp3) is 0.280. The lowest BCUT2D eigenvalue weighted by atomic mass is 10.1. The molecule has 158 valence electrons. The number of nitrogens with one attached hydrogen (secondary N) is 1. The highest BCUT2D eigenvalue weighted by Gasteiger charge is 2.25. The average molecular weight is 415 g/mol. The number of fused-ring (bicyclic) bond motifs is 3. The molecule has 31 heavy (non-hydrogen) atoms. The highest BCUT2D eigenvalue weighted by atomic mass is 16.5. The number of carbonyl (C=O) groups excluding carboxylic acids is 1. The maximum atomic E-state index is 13.5. The van der Waals surface area contributed by atoms with Crippen LogP contribution in [0.3, 0.4) is 0 Å². The number of para-hydroxylation sites is 1. The number of hydrogen-bond donors (Lipinski definition) is 1. The summed E-state index contributed by atoms with van der Waals surface area (Å²) >= 11 is 0. The van der Waals surface area contributed by atoms with Crippen LogP contribution < -0.4 is 15.6 Å². The minimum Gasteiger partial charge on any atom is -0.497 e. The molecule has 0 spiro atoms. The molecule has 0 radical (unpaired) electrons. The molecule has 2 aromatic carbocycles. The van der Waals surface area contributed by atoms with Gasteiger partial charge < -0.3 is 19.2 Å². The molecule has 5 rings (SSSR count). The largest absolute Gasteiger partial charge is 0.497 e. The molecule has 2 heterocycles. The zero-order valence-electron chi connectivity index (χ0n) is 17.7. The lowest BCUT2D eigenvalue weighted by Gasteiger charge is -2.17. The standard InChI is InChI=1S/C25H25N3O3/c1-27-21-13-6-5-12-19(21)22-20(24(29)26-16-8-7-11-18(14-16)31-2)15-28(25(30)23(22)27)17-9-3-4-10-17/h5-8,11-15,17H,3-4,9-10H2,1-2H3,(H,26,29). The number of ether oxygens (including phenoxy) is 1. The fourth-order valence-electron chi connectivity index (χ4n) is 4.83. The van der Waals surface area contributed by atoms with Crippen molar-refractivity contribution in [3.63, 3.8) is 0 Å². The fourth-order valence-corrected chi connectivity index (χ4v) is 4.83. The number of hydrogen-bond acceptors (Lipinski definition) is 3. The minimum atomic E-state index is -0.235. The third-order valence-electron chi connectivity index (χ3n) is 6.37. The number of rotatable bonds is 4. The molecule has 0 unspecified atom stereocenters. The second kappa shape index (κ2) is 7.61. The minimum absolute atomic E-state index is 0.0291. The highest BCUT2D eigenvalue weighted by Crippen LogP contribution is 2.33. The van der Waals surface area contributed by atoms with Crippen LogP contribution in [0.25, 0.3) is 21.8 Å². The number of aromatic nitrogens is 2. The molecule has 1 fully saturated rings. The molecule has 0 bridgehead atoms. The van der Waals surface area contributed by atoms with Crippen LogP contribution in [0.5, 0.6) is 5.75 Å². The molecule has 4 aromatic rings. The number of aryl methyl sites for hydroxylation is 1. The van der Waals surface area contributed by atoms with Crippen molar-refractivity contribution in [1.82, 2.24) is 9.13 Å². The van der Waals surface area contributed by atoms with E-state index >= 15 is 0 Å². The molecule has 1 N–H and O–H groups in total. The lowest BCUT2D eigenvalue weighted by Crippen LogP contribution is -2.27. The van der Waals surface area contributed by atoms with Crippen molar-refractivity contribution in [3.05, 3.63) is 70.6 Å². The van der Waals surface area contributed by atoms with Crippen LogP contribution in [0, 0.1) is 0 Å². The zero-order valence-corrected chi connectivity index (χ0v) is 17.7. The molecule has 1 aliphatic carbocycles. The van der Waals surface area contributed by atoms with Crippen molar-refractivity contribution in [1.29, 1.82) is 0 Å². The van der Waals surface area contributed by atoms with Gasteiger partial charge in [-0.3, -0.25) is 9.59 Å². The number of amides is 1. The second-order valence-corrected chi connectivity index (χ2v) is 8.18. The van der Waals surface area contributed by atoms with Gasteiger partial charge in [0.2, 0.25) is 0 Å². The van der Waals surface area contributed by atoms with Crippen LogP contribution in [-0.2, 0) is 7.05 Å². The Morgan fingerprint density at radius 1 is 1.10 bits per heavy atom. The maximum absolute atomic E-state index is 13.5. The van der Waals surface area contributed by atoms with Crippen LogP contribution in [0.4, 0.5) is 5.69 Å². The molecular formula is C25H25N3O3. The Balaban J connectivity index is 1.73. The Labute approximate surface area is 180 Å². The summed E-state index contributed by atoms with van der Waals surface area (Å²) in [5.74, 6) is 0.436. The molecule has 0 aliphatic heterocycles. The van der Waals surface area contributed by atoms with Crippen molar-refractivity contribution in [3.8, 4) is 5.75 Å². The van der Waals surface area contributed by atoms with Crippen molar-refractivity contribution < 1.29 is 9.53 Å². The summed E-state index contributed by atoms with van der Waals surface area (Å²) in [6.07, 6.45) is 5.91. The van der Waals surface area contributed by atoms with E-state index in [2.05, 4.69) is 5.32 Å². The van der Waals surface area contributed by atoms with Gasteiger partial charge in [0.15, 0.2) is 0 Å². The van der Waals surface area contributed by atoms with E-state index in [0.29, 0.717) is 27.9 Å². The molecule has 6 nitrogen and oxygen atoms in total. The van der Waals surface area contributed by atoms with Crippen molar-refractivity contribution in [2.75, 3.05) is 12.4 Å². The van der Waals surface area contributed by atoms with Crippen LogP contribution in [0.15, 0.2) is 59.5 Å². The summed E-state index contributed by atoms with van der Waals surface area (Å²) < 4.78 is 8.98. The smallest absolute Gasteiger partial charge is 0.275 e. The molecule has 0 saturated heterocycles. The van der Waals surface area contributed by atoms with Crippen LogP contribution in [0.1, 0.15) is 42.1 Å². The number of anilines is 1. The van der Waals surface area contributed by atoms with Gasteiger partial charge in [0.25, 0.3) is 11.5 Å². The van der Waals surface area contributed by atoms with E-state index in [4.69, 9.17) is 4.74 Å². The Bertz CT molecular complexity index is 1360. The number of methoxy groups -OCH3 is 1. The van der Waals surface area contributed by atoms with Crippen LogP contribution in [-0.4, -0.2) is 22.2 Å². The van der Waals surface area contributed by atoms with E-state index in [1.807, 2.05) is 54.1 Å². The molecule has 2 aromatic heterocycles. The first-order chi connectivity index (χ1) is 15.1. The van der Waals surface area contributed by atoms with E-state index in [9.17, 15) is 9.59 Å². The Hall–Kier alpha value is -3.54. The number of pyridine rings is 1. The summed E-state index contributed by atoms with van der Waals surface area (Å²) in [4.78, 5) is 27.0. The third-order valence-corrected chi connectivity index (χ3v) is 6.37. The van der Waals surface area contributed by atoms with E-state index in [0.717, 1.165) is 36.6 Å². The van der Waals surface area contributed by atoms with Gasteiger partial charge in [0.1, 0.15) is 11.3 Å². The van der Waals surface area contributed by atoms with E-state index < -0.39 is 0 Å². The number of benzene rings is 2. The predicted molar refractivity (Wildman–Crippen MR) is 123 cm³/mol. The Morgan fingerprint density at radius 2 is 1.87 bits per heavy atom. The summed E-state index contributed by atoms with van der Waals surface area (Å²) in [6, 6.07) is 15.3. The third kappa shape index (κ3) is 3.19. The molecule has 1 saturated carbocycles. The molecule has 0 atom stereocenters. The zero-order chi connectivity index (χ0) is 21.5. The van der Waals surface area contributed by atoms with Gasteiger partial charge in [-0.1, -0.05) is 37.1 Å². The van der Waals surface area contributed by atoms with Gasteiger partial charge in [0, 0.05) is 47.3 Å². The Kier molecular flexibility index (Phi) is 4.77. The topological polar surface area (TPSA) is 65.3 Å². The van der Waals surface area contributed by atoms with E-state index in [-0.39, 0.29) is 17.5 Å². The first-order valence-electron chi connectivity index (χ1n) is 10.7. The number of carbonyl (C=O) groups is 1. The summed E-state index contributed by atoms with van der Waals surface area (Å²) in [6.45, 7) is 0. The van der Waals surface area contributed by atoms with Crippen molar-refractivity contribution >= 4 is 33.4 Å². The van der Waals surface area contributed by atoms with Crippen LogP contribution in [0.2, 0.25) is 0 Å². The normalized spacial score (nSPS) is 14.4. The van der Waals surface area contributed by atoms with Gasteiger partial charge in [-0.15, -0.1) is 0 Å². The highest BCUT2D eigenvalue weighted by molar-refractivity contribution is 6.20. The first-order valence-corrected chi connectivity index (χ1v) is 10.7. The molecule has 6 heteroatoms. The Morgan fingerprint density at radius 3 is 2.65 bits per heavy atom. The van der Waals surface area contributed by atoms with E-state index in [1.165, 1.54) is 0 Å². The quantitative estimate of drug-likeness (QED) is 0.517. The summed E-state index contributed by atoms with van der Waals surface area (Å²) in [7, 11) is 3.49. The average Bonchev–Trinajstić information content (AvgIpc) is 3.42. The predicted octanol–water partition coefficient (Wildman–Crippen LogP) is 4.87. The van der Waals surface area contributed by atoms with Crippen molar-refractivity contribution in [2.45, 2.75) is 31.7 Å². The second-order valence-electron chi connectivity index (χ2n) is 8.18. The molecule has 1 aliphatic rings. The van der Waals surface area contributed by atoms with Gasteiger partial charge in [-0.05, 0) is 31.0 Å². The van der Waals surface area contributed by atoms with E-state index in [1.54, 1.807) is 23.9 Å². The monoisotopic (exact) mass is 415 g/mol. The molecule has 1 amide bonds. The van der Waals surface area contributed by atoms with Gasteiger partial charge in [0.05, 0.1) is 12.7 Å². The summed E-state index contributed by atoms with van der Waals surface area (Å²) in [5.41, 5.74) is 2.65. The molecular weight excluding hydrogens is 390 g/mol. The van der Waals surface area contributed by atoms with Gasteiger partial charge in [-0.2, -0.15) is 0 Å². The SMILES string of the molecule is COc1cccc(NC(=O)c2cn(C3CCCC3)c(=O)c3c2c2ccccc2n3C)c1. The van der Waals surface area contributed by atoms with Crippen LogP contribution >= 0.6 is 0 Å². The van der Waals surface area contributed by atoms with Crippen molar-refractivity contribution in [2.24, 2.45) is 7.05 Å². The van der Waals surface area contributed by atoms with Gasteiger partial charge >= 0.3 is 0 Å². The van der Waals surface area contributed by atoms with Gasteiger partial charge in [-0.25, -0.2) is 0 Å². The maximum Gasteiger partial charge on any atom is 0.275 e. The number of nitrogens with zero attached hydrogens (tertiary/aromatic N) is 2. The first kappa shape index (κ1) is 19.4.